The first-order valence-electron chi connectivity index (χ1n) is 9.29. The number of hydrogen-bond donors (Lipinski definition) is 2. The topological polar surface area (TPSA) is 54.9 Å². The summed E-state index contributed by atoms with van der Waals surface area (Å²) in [5, 5.41) is 6.86. The van der Waals surface area contributed by atoms with Crippen LogP contribution in [0.1, 0.15) is 38.7 Å². The van der Waals surface area contributed by atoms with Gasteiger partial charge >= 0.3 is 0 Å². The molecule has 26 heavy (non-hydrogen) atoms. The molecule has 1 aromatic rings. The van der Waals surface area contributed by atoms with Crippen molar-refractivity contribution < 1.29 is 9.47 Å². The summed E-state index contributed by atoms with van der Waals surface area (Å²) >= 11 is 0. The van der Waals surface area contributed by atoms with E-state index >= 15 is 0 Å². The minimum atomic E-state index is 0. The molecule has 0 bridgehead atoms. The van der Waals surface area contributed by atoms with E-state index in [2.05, 4.69) is 59.8 Å². The second-order valence-electron chi connectivity index (χ2n) is 6.16. The maximum atomic E-state index is 5.47. The van der Waals surface area contributed by atoms with Gasteiger partial charge in [0.05, 0.1) is 13.2 Å². The number of hydrogen-bond acceptors (Lipinski definition) is 3. The van der Waals surface area contributed by atoms with Crippen molar-refractivity contribution in [3.05, 3.63) is 35.9 Å². The number of nitrogens with one attached hydrogen (secondary N) is 2. The molecule has 0 heterocycles. The van der Waals surface area contributed by atoms with Crippen LogP contribution in [0.4, 0.5) is 0 Å². The minimum Gasteiger partial charge on any atom is -0.382 e. The maximum Gasteiger partial charge on any atom is 0.191 e. The molecule has 0 amide bonds. The van der Waals surface area contributed by atoms with Crippen molar-refractivity contribution in [2.45, 2.75) is 38.5 Å². The lowest BCUT2D eigenvalue weighted by Crippen LogP contribution is -2.45. The Labute approximate surface area is 176 Å². The third-order valence-electron chi connectivity index (χ3n) is 4.75. The Kier molecular flexibility index (Phi) is 14.7. The van der Waals surface area contributed by atoms with E-state index in [0.29, 0.717) is 13.2 Å². The van der Waals surface area contributed by atoms with E-state index in [1.807, 2.05) is 7.05 Å². The molecule has 0 aliphatic carbocycles. The molecular weight excluding hydrogens is 441 g/mol. The quantitative estimate of drug-likeness (QED) is 0.209. The first-order valence-corrected chi connectivity index (χ1v) is 9.29. The summed E-state index contributed by atoms with van der Waals surface area (Å²) in [5.41, 5.74) is 1.51. The van der Waals surface area contributed by atoms with E-state index in [-0.39, 0.29) is 29.4 Å². The Morgan fingerprint density at radius 1 is 1.04 bits per heavy atom. The van der Waals surface area contributed by atoms with Crippen LogP contribution in [0.2, 0.25) is 0 Å². The standard InChI is InChI=1S/C20H35N3O2.HI/c1-5-20(6-2,18-11-8-7-9-12-18)17-23-19(21-3)22-13-10-14-25-16-15-24-4;/h7-9,11-12H,5-6,10,13-17H2,1-4H3,(H2,21,22,23);1H. The highest BCUT2D eigenvalue weighted by molar-refractivity contribution is 14.0. The zero-order valence-corrected chi connectivity index (χ0v) is 19.0. The number of benzene rings is 1. The van der Waals surface area contributed by atoms with Crippen molar-refractivity contribution >= 4 is 29.9 Å². The second-order valence-corrected chi connectivity index (χ2v) is 6.16. The van der Waals surface area contributed by atoms with Crippen molar-refractivity contribution in [2.75, 3.05) is 47.1 Å². The van der Waals surface area contributed by atoms with Crippen LogP contribution in [0.15, 0.2) is 35.3 Å². The van der Waals surface area contributed by atoms with Gasteiger partial charge in [0.15, 0.2) is 5.96 Å². The molecule has 0 aliphatic heterocycles. The van der Waals surface area contributed by atoms with Gasteiger partial charge in [-0.3, -0.25) is 4.99 Å². The van der Waals surface area contributed by atoms with E-state index in [9.17, 15) is 0 Å². The Morgan fingerprint density at radius 3 is 2.31 bits per heavy atom. The average Bonchev–Trinajstić information content (AvgIpc) is 2.67. The highest BCUT2D eigenvalue weighted by atomic mass is 127. The van der Waals surface area contributed by atoms with Crippen LogP contribution in [0.25, 0.3) is 0 Å². The van der Waals surface area contributed by atoms with Crippen molar-refractivity contribution in [1.82, 2.24) is 10.6 Å². The van der Waals surface area contributed by atoms with Crippen LogP contribution in [0.5, 0.6) is 0 Å². The normalized spacial score (nSPS) is 11.8. The number of nitrogens with zero attached hydrogens (tertiary/aromatic N) is 1. The second kappa shape index (κ2) is 15.2. The van der Waals surface area contributed by atoms with Gasteiger partial charge in [-0.05, 0) is 24.8 Å². The smallest absolute Gasteiger partial charge is 0.191 e. The highest BCUT2D eigenvalue weighted by Crippen LogP contribution is 2.30. The fraction of sp³-hybridized carbons (Fsp3) is 0.650. The first-order chi connectivity index (χ1) is 12.2. The number of guanidine groups is 1. The third kappa shape index (κ3) is 8.68. The molecule has 0 fully saturated rings. The van der Waals surface area contributed by atoms with E-state index in [0.717, 1.165) is 44.9 Å². The summed E-state index contributed by atoms with van der Waals surface area (Å²) in [6.07, 6.45) is 3.12. The van der Waals surface area contributed by atoms with Gasteiger partial charge in [0.25, 0.3) is 0 Å². The summed E-state index contributed by atoms with van der Waals surface area (Å²) in [7, 11) is 3.50. The zero-order chi connectivity index (χ0) is 18.4. The van der Waals surface area contributed by atoms with Crippen LogP contribution < -0.4 is 10.6 Å². The van der Waals surface area contributed by atoms with Gasteiger partial charge in [-0.15, -0.1) is 24.0 Å². The van der Waals surface area contributed by atoms with Gasteiger partial charge in [0, 0.05) is 39.3 Å². The SMILES string of the molecule is CCC(CC)(CNC(=NC)NCCCOCCOC)c1ccccc1.I. The highest BCUT2D eigenvalue weighted by Gasteiger charge is 2.28. The van der Waals surface area contributed by atoms with Crippen LogP contribution >= 0.6 is 24.0 Å². The summed E-state index contributed by atoms with van der Waals surface area (Å²) in [6, 6.07) is 10.8. The van der Waals surface area contributed by atoms with Crippen molar-refractivity contribution in [1.29, 1.82) is 0 Å². The summed E-state index contributed by atoms with van der Waals surface area (Å²) in [6.45, 7) is 8.24. The molecule has 0 spiro atoms. The van der Waals surface area contributed by atoms with Gasteiger partial charge in [-0.25, -0.2) is 0 Å². The van der Waals surface area contributed by atoms with E-state index < -0.39 is 0 Å². The molecule has 2 N–H and O–H groups in total. The molecule has 0 aliphatic rings. The van der Waals surface area contributed by atoms with E-state index in [1.54, 1.807) is 7.11 Å². The lowest BCUT2D eigenvalue weighted by Gasteiger charge is -2.33. The van der Waals surface area contributed by atoms with Crippen molar-refractivity contribution in [3.8, 4) is 0 Å². The molecule has 0 radical (unpaired) electrons. The maximum absolute atomic E-state index is 5.47. The van der Waals surface area contributed by atoms with Crippen LogP contribution in [0, 0.1) is 0 Å². The fourth-order valence-corrected chi connectivity index (χ4v) is 2.90. The zero-order valence-electron chi connectivity index (χ0n) is 16.7. The molecule has 6 heteroatoms. The van der Waals surface area contributed by atoms with Gasteiger partial charge in [0.2, 0.25) is 0 Å². The number of methoxy groups -OCH3 is 1. The van der Waals surface area contributed by atoms with E-state index in [4.69, 9.17) is 9.47 Å². The lowest BCUT2D eigenvalue weighted by atomic mass is 9.76. The fourth-order valence-electron chi connectivity index (χ4n) is 2.90. The monoisotopic (exact) mass is 477 g/mol. The molecule has 150 valence electrons. The minimum absolute atomic E-state index is 0. The van der Waals surface area contributed by atoms with Gasteiger partial charge in [-0.2, -0.15) is 0 Å². The molecule has 0 aromatic heterocycles. The molecule has 1 rings (SSSR count). The number of aliphatic imine (C=N–C) groups is 1. The van der Waals surface area contributed by atoms with Crippen LogP contribution in [-0.4, -0.2) is 53.0 Å². The Balaban J connectivity index is 0.00000625. The summed E-state index contributed by atoms with van der Waals surface area (Å²) in [5.74, 6) is 0.846. The average molecular weight is 477 g/mol. The lowest BCUT2D eigenvalue weighted by molar-refractivity contribution is 0.0698. The molecule has 1 aromatic carbocycles. The predicted molar refractivity (Wildman–Crippen MR) is 121 cm³/mol. The first kappa shape index (κ1) is 25.1. The Morgan fingerprint density at radius 2 is 1.73 bits per heavy atom. The van der Waals surface area contributed by atoms with E-state index in [1.165, 1.54) is 5.56 Å². The van der Waals surface area contributed by atoms with Gasteiger partial charge in [-0.1, -0.05) is 44.2 Å². The number of halogens is 1. The summed E-state index contributed by atoms with van der Waals surface area (Å²) < 4.78 is 10.4. The van der Waals surface area contributed by atoms with Crippen LogP contribution in [-0.2, 0) is 14.9 Å². The van der Waals surface area contributed by atoms with Crippen molar-refractivity contribution in [3.63, 3.8) is 0 Å². The number of ether oxygens (including phenoxy) is 2. The Bertz CT molecular complexity index is 479. The van der Waals surface area contributed by atoms with Gasteiger partial charge in [0.1, 0.15) is 0 Å². The van der Waals surface area contributed by atoms with Crippen LogP contribution in [0.3, 0.4) is 0 Å². The molecule has 0 atom stereocenters. The molecule has 0 saturated carbocycles. The molecular formula is C20H36IN3O2. The van der Waals surface area contributed by atoms with Gasteiger partial charge < -0.3 is 20.1 Å². The largest absolute Gasteiger partial charge is 0.382 e. The summed E-state index contributed by atoms with van der Waals surface area (Å²) in [4.78, 5) is 4.33. The van der Waals surface area contributed by atoms with Crippen molar-refractivity contribution in [2.24, 2.45) is 4.99 Å². The molecule has 0 saturated heterocycles. The molecule has 0 unspecified atom stereocenters. The Hall–Kier alpha value is -0.860. The number of rotatable bonds is 12. The molecule has 5 nitrogen and oxygen atoms in total. The predicted octanol–water partition coefficient (Wildman–Crippen LogP) is 3.58. The third-order valence-corrected chi connectivity index (χ3v) is 4.75.